The van der Waals surface area contributed by atoms with Crippen molar-refractivity contribution in [1.82, 2.24) is 4.90 Å². The van der Waals surface area contributed by atoms with Gasteiger partial charge in [0.1, 0.15) is 12.0 Å². The molecule has 1 saturated heterocycles. The molecule has 0 radical (unpaired) electrons. The molecular formula is C12H12BrF2NO. The van der Waals surface area contributed by atoms with Crippen molar-refractivity contribution in [3.05, 3.63) is 34.1 Å². The van der Waals surface area contributed by atoms with Crippen LogP contribution in [-0.2, 0) is 11.2 Å². The number of nitrogens with zero attached hydrogens (tertiary/aromatic N) is 1. The number of carbonyl (C=O) groups excluding carboxylic acids is 1. The summed E-state index contributed by atoms with van der Waals surface area (Å²) < 4.78 is 27.1. The zero-order valence-electron chi connectivity index (χ0n) is 9.13. The number of carbonyl (C=O) groups is 1. The molecule has 1 fully saturated rings. The first-order chi connectivity index (χ1) is 8.06. The predicted octanol–water partition coefficient (Wildman–Crippen LogP) is 2.70. The molecule has 1 aliphatic rings. The van der Waals surface area contributed by atoms with Crippen molar-refractivity contribution in [1.29, 1.82) is 0 Å². The molecule has 1 amide bonds. The number of likely N-dealkylation sites (tertiary alicyclic amines) is 1. The van der Waals surface area contributed by atoms with Gasteiger partial charge in [0.25, 0.3) is 0 Å². The molecule has 2 rings (SSSR count). The van der Waals surface area contributed by atoms with Crippen LogP contribution < -0.4 is 0 Å². The predicted molar refractivity (Wildman–Crippen MR) is 63.9 cm³/mol. The van der Waals surface area contributed by atoms with Crippen LogP contribution in [0.1, 0.15) is 12.0 Å². The molecule has 2 nitrogen and oxygen atoms in total. The van der Waals surface area contributed by atoms with Crippen LogP contribution in [0.4, 0.5) is 8.78 Å². The molecular weight excluding hydrogens is 292 g/mol. The van der Waals surface area contributed by atoms with Crippen molar-refractivity contribution >= 4 is 21.8 Å². The minimum atomic E-state index is -0.939. The summed E-state index contributed by atoms with van der Waals surface area (Å²) in [6.07, 6.45) is -0.573. The van der Waals surface area contributed by atoms with Crippen LogP contribution in [0, 0.1) is 5.82 Å². The highest BCUT2D eigenvalue weighted by molar-refractivity contribution is 9.10. The fourth-order valence-electron chi connectivity index (χ4n) is 1.90. The van der Waals surface area contributed by atoms with Crippen molar-refractivity contribution in [3.8, 4) is 0 Å². The van der Waals surface area contributed by atoms with Gasteiger partial charge >= 0.3 is 0 Å². The Balaban J connectivity index is 2.05. The smallest absolute Gasteiger partial charge is 0.227 e. The van der Waals surface area contributed by atoms with Gasteiger partial charge in [-0.1, -0.05) is 15.9 Å². The molecule has 1 heterocycles. The Morgan fingerprint density at radius 3 is 2.94 bits per heavy atom. The van der Waals surface area contributed by atoms with E-state index in [1.54, 1.807) is 12.1 Å². The van der Waals surface area contributed by atoms with Crippen LogP contribution in [0.25, 0.3) is 0 Å². The second kappa shape index (κ2) is 5.12. The van der Waals surface area contributed by atoms with Gasteiger partial charge in [0.2, 0.25) is 5.91 Å². The molecule has 0 aromatic heterocycles. The molecule has 1 aromatic rings. The van der Waals surface area contributed by atoms with Gasteiger partial charge in [-0.05, 0) is 30.2 Å². The van der Waals surface area contributed by atoms with Crippen molar-refractivity contribution < 1.29 is 13.6 Å². The molecule has 0 saturated carbocycles. The van der Waals surface area contributed by atoms with Crippen LogP contribution in [0.3, 0.4) is 0 Å². The van der Waals surface area contributed by atoms with E-state index < -0.39 is 12.0 Å². The zero-order chi connectivity index (χ0) is 12.4. The summed E-state index contributed by atoms with van der Waals surface area (Å²) in [5, 5.41) is 0. The molecule has 0 unspecified atom stereocenters. The fraction of sp³-hybridized carbons (Fsp3) is 0.417. The number of rotatable bonds is 2. The van der Waals surface area contributed by atoms with Crippen LogP contribution in [0.15, 0.2) is 22.7 Å². The van der Waals surface area contributed by atoms with Gasteiger partial charge in [-0.15, -0.1) is 0 Å². The minimum absolute atomic E-state index is 0.0159. The second-order valence-corrected chi connectivity index (χ2v) is 5.05. The summed E-state index contributed by atoms with van der Waals surface area (Å²) in [6, 6.07) is 4.47. The van der Waals surface area contributed by atoms with E-state index >= 15 is 0 Å². The van der Waals surface area contributed by atoms with Gasteiger partial charge < -0.3 is 4.90 Å². The average molecular weight is 304 g/mol. The number of amides is 1. The second-order valence-electron chi connectivity index (χ2n) is 4.14. The Morgan fingerprint density at radius 2 is 2.29 bits per heavy atom. The first-order valence-electron chi connectivity index (χ1n) is 5.42. The van der Waals surface area contributed by atoms with Crippen molar-refractivity contribution in [2.75, 3.05) is 13.1 Å². The maximum absolute atomic E-state index is 13.4. The van der Waals surface area contributed by atoms with E-state index in [0.29, 0.717) is 18.5 Å². The standard InChI is InChI=1S/C12H12BrF2NO/c13-9-1-2-11(15)8(5-9)6-12(17)16-4-3-10(14)7-16/h1-2,5,10H,3-4,6-7H2/t10-/m0/s1. The van der Waals surface area contributed by atoms with E-state index in [-0.39, 0.29) is 18.9 Å². The number of halogens is 3. The quantitative estimate of drug-likeness (QED) is 0.822. The molecule has 1 atom stereocenters. The fourth-order valence-corrected chi connectivity index (χ4v) is 2.31. The Labute approximate surface area is 107 Å². The lowest BCUT2D eigenvalue weighted by molar-refractivity contribution is -0.129. The molecule has 0 bridgehead atoms. The Bertz CT molecular complexity index is 439. The summed E-state index contributed by atoms with van der Waals surface area (Å²) >= 11 is 3.23. The number of benzene rings is 1. The lowest BCUT2D eigenvalue weighted by atomic mass is 10.1. The SMILES string of the molecule is O=C(Cc1cc(Br)ccc1F)N1CC[C@H](F)C1. The van der Waals surface area contributed by atoms with Crippen molar-refractivity contribution in [3.63, 3.8) is 0 Å². The number of hydrogen-bond acceptors (Lipinski definition) is 1. The largest absolute Gasteiger partial charge is 0.339 e. The third kappa shape index (κ3) is 3.03. The van der Waals surface area contributed by atoms with Gasteiger partial charge in [-0.2, -0.15) is 0 Å². The van der Waals surface area contributed by atoms with Gasteiger partial charge in [0.05, 0.1) is 13.0 Å². The summed E-state index contributed by atoms with van der Waals surface area (Å²) in [5.41, 5.74) is 0.340. The monoisotopic (exact) mass is 303 g/mol. The summed E-state index contributed by atoms with van der Waals surface area (Å²) in [5.74, 6) is -0.625. The van der Waals surface area contributed by atoms with E-state index in [4.69, 9.17) is 0 Å². The summed E-state index contributed by atoms with van der Waals surface area (Å²) in [7, 11) is 0. The molecule has 5 heteroatoms. The minimum Gasteiger partial charge on any atom is -0.339 e. The third-order valence-electron chi connectivity index (χ3n) is 2.83. The highest BCUT2D eigenvalue weighted by atomic mass is 79.9. The van der Waals surface area contributed by atoms with E-state index in [0.717, 1.165) is 4.47 Å². The van der Waals surface area contributed by atoms with Crippen LogP contribution in [-0.4, -0.2) is 30.1 Å². The van der Waals surface area contributed by atoms with E-state index in [9.17, 15) is 13.6 Å². The highest BCUT2D eigenvalue weighted by Gasteiger charge is 2.26. The first-order valence-corrected chi connectivity index (χ1v) is 6.21. The Hall–Kier alpha value is -0.970. The molecule has 0 spiro atoms. The summed E-state index contributed by atoms with van der Waals surface area (Å²) in [4.78, 5) is 13.3. The molecule has 17 heavy (non-hydrogen) atoms. The van der Waals surface area contributed by atoms with Crippen LogP contribution in [0.5, 0.6) is 0 Å². The first kappa shape index (κ1) is 12.5. The van der Waals surface area contributed by atoms with Crippen molar-refractivity contribution in [2.45, 2.75) is 19.0 Å². The van der Waals surface area contributed by atoms with Gasteiger partial charge in [0, 0.05) is 11.0 Å². The van der Waals surface area contributed by atoms with Crippen molar-refractivity contribution in [2.24, 2.45) is 0 Å². The zero-order valence-corrected chi connectivity index (χ0v) is 10.7. The topological polar surface area (TPSA) is 20.3 Å². The number of hydrogen-bond donors (Lipinski definition) is 0. The molecule has 1 aromatic carbocycles. The maximum Gasteiger partial charge on any atom is 0.227 e. The lowest BCUT2D eigenvalue weighted by Gasteiger charge is -2.15. The number of alkyl halides is 1. The molecule has 0 aliphatic carbocycles. The Morgan fingerprint density at radius 1 is 1.53 bits per heavy atom. The van der Waals surface area contributed by atoms with Crippen LogP contribution in [0.2, 0.25) is 0 Å². The molecule has 1 aliphatic heterocycles. The van der Waals surface area contributed by atoms with E-state index in [1.807, 2.05) is 0 Å². The summed E-state index contributed by atoms with van der Waals surface area (Å²) in [6.45, 7) is 0.560. The lowest BCUT2D eigenvalue weighted by Crippen LogP contribution is -2.30. The molecule has 0 N–H and O–H groups in total. The van der Waals surface area contributed by atoms with Gasteiger partial charge in [-0.25, -0.2) is 8.78 Å². The maximum atomic E-state index is 13.4. The molecule has 92 valence electrons. The van der Waals surface area contributed by atoms with E-state index in [1.165, 1.54) is 11.0 Å². The normalized spacial score (nSPS) is 19.7. The average Bonchev–Trinajstić information content (AvgIpc) is 2.70. The Kier molecular flexibility index (Phi) is 3.76. The third-order valence-corrected chi connectivity index (χ3v) is 3.33. The highest BCUT2D eigenvalue weighted by Crippen LogP contribution is 2.18. The van der Waals surface area contributed by atoms with Gasteiger partial charge in [-0.3, -0.25) is 4.79 Å². The van der Waals surface area contributed by atoms with E-state index in [2.05, 4.69) is 15.9 Å². The van der Waals surface area contributed by atoms with Crippen LogP contribution >= 0.6 is 15.9 Å². The van der Waals surface area contributed by atoms with Gasteiger partial charge in [0.15, 0.2) is 0 Å².